The van der Waals surface area contributed by atoms with Gasteiger partial charge in [0.25, 0.3) is 0 Å². The largest absolute Gasteiger partial charge is 0.472 e. The van der Waals surface area contributed by atoms with Crippen LogP contribution in [0.4, 0.5) is 0 Å². The molecule has 7 N–H and O–H groups in total. The Kier molecular flexibility index (Phi) is 35.5. The molecule has 0 heterocycles. The highest BCUT2D eigenvalue weighted by Gasteiger charge is 2.54. The Morgan fingerprint density at radius 3 is 1.40 bits per heavy atom. The highest BCUT2D eigenvalue weighted by atomic mass is 31.2. The van der Waals surface area contributed by atoms with E-state index < -0.39 is 83.5 Å². The predicted octanol–water partition coefficient (Wildman–Crippen LogP) is 9.29. The van der Waals surface area contributed by atoms with Gasteiger partial charge in [0.1, 0.15) is 43.2 Å². The quantitative estimate of drug-likeness (QED) is 0.0131. The maximum absolute atomic E-state index is 13.0. The fourth-order valence-corrected chi connectivity index (χ4v) is 8.68. The van der Waals surface area contributed by atoms with E-state index in [0.29, 0.717) is 19.3 Å². The summed E-state index contributed by atoms with van der Waals surface area (Å²) in [7, 11) is -10.7. The zero-order valence-corrected chi connectivity index (χ0v) is 40.9. The number of allylic oxidation sites excluding steroid dienone is 8. The van der Waals surface area contributed by atoms with E-state index in [0.717, 1.165) is 51.4 Å². The zero-order valence-electron chi connectivity index (χ0n) is 39.2. The van der Waals surface area contributed by atoms with Crippen molar-refractivity contribution in [1.82, 2.24) is 0 Å². The Balaban J connectivity index is 2.63. The third kappa shape index (κ3) is 32.4. The number of phosphoric acid groups is 2. The molecular weight excluding hydrogens is 882 g/mol. The minimum absolute atomic E-state index is 0.0312. The lowest BCUT2D eigenvalue weighted by molar-refractivity contribution is -0.216. The molecule has 0 bridgehead atoms. The molecule has 0 aromatic rings. The summed E-state index contributed by atoms with van der Waals surface area (Å²) in [4.78, 5) is 54.3. The van der Waals surface area contributed by atoms with Gasteiger partial charge < -0.3 is 44.6 Å². The lowest BCUT2D eigenvalue weighted by Crippen LogP contribution is -2.64. The van der Waals surface area contributed by atoms with Crippen molar-refractivity contribution in [3.63, 3.8) is 0 Å². The van der Waals surface area contributed by atoms with Crippen LogP contribution in [0, 0.1) is 0 Å². The second kappa shape index (κ2) is 37.9. The number of unbranched alkanes of at least 4 members (excludes halogenated alkanes) is 18. The van der Waals surface area contributed by atoms with E-state index in [1.807, 2.05) is 12.2 Å². The van der Waals surface area contributed by atoms with Gasteiger partial charge in [-0.25, -0.2) is 9.13 Å². The molecule has 65 heavy (non-hydrogen) atoms. The minimum Gasteiger partial charge on any atom is -0.462 e. The summed E-state index contributed by atoms with van der Waals surface area (Å²) in [6, 6.07) is 0. The molecule has 18 heteroatoms. The second-order valence-electron chi connectivity index (χ2n) is 16.8. The van der Waals surface area contributed by atoms with E-state index in [4.69, 9.17) is 18.5 Å². The molecule has 1 fully saturated rings. The minimum atomic E-state index is -5.37. The molecule has 16 nitrogen and oxygen atoms in total. The highest BCUT2D eigenvalue weighted by Crippen LogP contribution is 2.49. The number of phosphoric ester groups is 2. The fraction of sp³-hybridized carbons (Fsp3) is 0.787. The fourth-order valence-electron chi connectivity index (χ4n) is 7.14. The normalized spacial score (nSPS) is 22.0. The number of aliphatic hydroxyl groups excluding tert-OH is 4. The molecule has 0 aromatic carbocycles. The first-order valence-corrected chi connectivity index (χ1v) is 27.2. The third-order valence-electron chi connectivity index (χ3n) is 10.9. The standard InChI is InChI=1S/C47H84O16P2/c1-3-5-7-9-11-13-15-17-19-20-22-24-26-28-30-32-34-36-41(49)61-39(37-59-40(48)35-33-31-29-27-25-23-21-18-16-14-12-10-8-6-4-2)38-60-65(57,58)63-47-44(52)42(50)43(51)46(45(47)53)62-64(54,55)56/h11,13,17,19,22,24,28,30,39,42-47,50-53H,3-10,12,14-16,18,20-21,23,25-27,29,31-38H2,1-2H3,(H,57,58)(H2,54,55,56)/b13-11-,19-17-,24-22-,30-28-/t39-,42-,43-,44-,45-,46+,47-/m1/s1. The van der Waals surface area contributed by atoms with E-state index >= 15 is 0 Å². The van der Waals surface area contributed by atoms with Crippen molar-refractivity contribution in [2.24, 2.45) is 0 Å². The number of esters is 2. The summed E-state index contributed by atoms with van der Waals surface area (Å²) in [6.07, 6.45) is 27.9. The molecule has 0 aromatic heterocycles. The topological polar surface area (TPSA) is 256 Å². The van der Waals surface area contributed by atoms with Crippen molar-refractivity contribution in [2.45, 2.75) is 224 Å². The maximum atomic E-state index is 13.0. The van der Waals surface area contributed by atoms with Crippen LogP contribution in [0.25, 0.3) is 0 Å². The van der Waals surface area contributed by atoms with Crippen LogP contribution in [0.2, 0.25) is 0 Å². The first kappa shape index (κ1) is 61.0. The Hall–Kier alpha value is -2.04. The van der Waals surface area contributed by atoms with Gasteiger partial charge in [-0.2, -0.15) is 0 Å². The first-order valence-electron chi connectivity index (χ1n) is 24.2. The molecule has 1 aliphatic carbocycles. The van der Waals surface area contributed by atoms with Crippen LogP contribution in [0.1, 0.15) is 181 Å². The van der Waals surface area contributed by atoms with Crippen molar-refractivity contribution in [3.05, 3.63) is 48.6 Å². The number of rotatable bonds is 40. The Morgan fingerprint density at radius 2 is 0.908 bits per heavy atom. The Bertz CT molecular complexity index is 1450. The van der Waals surface area contributed by atoms with Gasteiger partial charge in [0.15, 0.2) is 6.10 Å². The number of ether oxygens (including phenoxy) is 2. The van der Waals surface area contributed by atoms with E-state index in [1.165, 1.54) is 83.5 Å². The molecule has 1 unspecified atom stereocenters. The summed E-state index contributed by atoms with van der Waals surface area (Å²) in [6.45, 7) is 3.04. The number of carbonyl (C=O) groups excluding carboxylic acids is 2. The molecular formula is C47H84O16P2. The van der Waals surface area contributed by atoms with E-state index in [2.05, 4.69) is 54.8 Å². The molecule has 0 spiro atoms. The lowest BCUT2D eigenvalue weighted by Gasteiger charge is -2.43. The summed E-state index contributed by atoms with van der Waals surface area (Å²) < 4.78 is 49.3. The SMILES string of the molecule is CCCCC/C=C\C/C=C\C/C=C\C/C=C\CCCC(=O)O[C@H](COC(=O)CCCCCCCCCCCCCCCCC)COP(=O)(O)O[C@H]1[C@H](O)[C@@H](OP(=O)(O)O)[C@H](O)[C@@H](O)[C@H]1O. The van der Waals surface area contributed by atoms with E-state index in [1.54, 1.807) is 0 Å². The number of hydrogen-bond donors (Lipinski definition) is 7. The smallest absolute Gasteiger partial charge is 0.462 e. The van der Waals surface area contributed by atoms with Crippen molar-refractivity contribution >= 4 is 27.6 Å². The Labute approximate surface area is 388 Å². The van der Waals surface area contributed by atoms with Crippen LogP contribution in [0.3, 0.4) is 0 Å². The summed E-state index contributed by atoms with van der Waals surface area (Å²) in [5.41, 5.74) is 0. The van der Waals surface area contributed by atoms with E-state index in [9.17, 15) is 53.8 Å². The molecule has 0 radical (unpaired) electrons. The number of aliphatic hydroxyl groups is 4. The molecule has 1 aliphatic rings. The van der Waals surface area contributed by atoms with Crippen LogP contribution < -0.4 is 0 Å². The van der Waals surface area contributed by atoms with Gasteiger partial charge in [0.2, 0.25) is 0 Å². The zero-order chi connectivity index (χ0) is 48.2. The van der Waals surface area contributed by atoms with Gasteiger partial charge in [0, 0.05) is 12.8 Å². The van der Waals surface area contributed by atoms with Crippen molar-refractivity contribution in [1.29, 1.82) is 0 Å². The number of hydrogen-bond acceptors (Lipinski definition) is 13. The highest BCUT2D eigenvalue weighted by molar-refractivity contribution is 7.47. The third-order valence-corrected chi connectivity index (χ3v) is 12.4. The van der Waals surface area contributed by atoms with Crippen LogP contribution in [-0.2, 0) is 41.8 Å². The van der Waals surface area contributed by atoms with Crippen molar-refractivity contribution in [3.8, 4) is 0 Å². The van der Waals surface area contributed by atoms with Crippen LogP contribution in [0.5, 0.6) is 0 Å². The lowest BCUT2D eigenvalue weighted by atomic mass is 9.85. The van der Waals surface area contributed by atoms with Crippen LogP contribution >= 0.6 is 15.6 Å². The van der Waals surface area contributed by atoms with Crippen LogP contribution in [0.15, 0.2) is 48.6 Å². The molecule has 0 aliphatic heterocycles. The van der Waals surface area contributed by atoms with Crippen molar-refractivity contribution in [2.75, 3.05) is 13.2 Å². The van der Waals surface area contributed by atoms with Gasteiger partial charge in [-0.15, -0.1) is 0 Å². The Morgan fingerprint density at radius 1 is 0.492 bits per heavy atom. The van der Waals surface area contributed by atoms with Gasteiger partial charge >= 0.3 is 27.6 Å². The van der Waals surface area contributed by atoms with Crippen LogP contribution in [-0.4, -0.2) is 103 Å². The maximum Gasteiger partial charge on any atom is 0.472 e. The second-order valence-corrected chi connectivity index (χ2v) is 19.4. The van der Waals surface area contributed by atoms with Gasteiger partial charge in [-0.1, -0.05) is 165 Å². The monoisotopic (exact) mass is 967 g/mol. The summed E-state index contributed by atoms with van der Waals surface area (Å²) in [5, 5.41) is 41.2. The molecule has 8 atom stereocenters. The summed E-state index contributed by atoms with van der Waals surface area (Å²) in [5.74, 6) is -1.27. The van der Waals surface area contributed by atoms with Gasteiger partial charge in [-0.05, 0) is 51.4 Å². The first-order chi connectivity index (χ1) is 31.1. The molecule has 1 saturated carbocycles. The van der Waals surface area contributed by atoms with Crippen molar-refractivity contribution < 1.29 is 76.9 Å². The van der Waals surface area contributed by atoms with E-state index in [-0.39, 0.29) is 12.8 Å². The molecule has 378 valence electrons. The molecule has 1 rings (SSSR count). The van der Waals surface area contributed by atoms with Gasteiger partial charge in [0.05, 0.1) is 6.61 Å². The average molecular weight is 967 g/mol. The molecule has 0 amide bonds. The summed E-state index contributed by atoms with van der Waals surface area (Å²) >= 11 is 0. The predicted molar refractivity (Wildman–Crippen MR) is 250 cm³/mol. The number of carbonyl (C=O) groups is 2. The molecule has 0 saturated heterocycles. The van der Waals surface area contributed by atoms with Gasteiger partial charge in [-0.3, -0.25) is 23.2 Å². The average Bonchev–Trinajstić information content (AvgIpc) is 3.26.